The van der Waals surface area contributed by atoms with Gasteiger partial charge in [0.05, 0.1) is 18.4 Å². The number of hydrogen-bond acceptors (Lipinski definition) is 3. The fourth-order valence-electron chi connectivity index (χ4n) is 3.34. The first-order valence-corrected chi connectivity index (χ1v) is 9.60. The first-order valence-electron chi connectivity index (χ1n) is 9.60. The molecule has 0 bridgehead atoms. The van der Waals surface area contributed by atoms with E-state index in [0.29, 0.717) is 0 Å². The van der Waals surface area contributed by atoms with E-state index in [1.165, 1.54) is 11.1 Å². The van der Waals surface area contributed by atoms with Crippen molar-refractivity contribution < 1.29 is 4.74 Å². The first-order chi connectivity index (χ1) is 13.8. The average molecular weight is 503 g/mol. The Kier molecular flexibility index (Phi) is 7.51. The zero-order chi connectivity index (χ0) is 19.2. The van der Waals surface area contributed by atoms with Crippen molar-refractivity contribution in [3.8, 4) is 11.4 Å². The summed E-state index contributed by atoms with van der Waals surface area (Å²) < 4.78 is 7.86. The van der Waals surface area contributed by atoms with E-state index in [1.54, 1.807) is 7.05 Å². The molecule has 1 aromatic heterocycles. The van der Waals surface area contributed by atoms with Gasteiger partial charge >= 0.3 is 0 Å². The maximum Gasteiger partial charge on any atom is 0.191 e. The molecule has 0 aliphatic carbocycles. The molecule has 152 valence electrons. The lowest BCUT2D eigenvalue weighted by atomic mass is 10.1. The Balaban J connectivity index is 0.00000240. The Morgan fingerprint density at radius 1 is 1.14 bits per heavy atom. The van der Waals surface area contributed by atoms with Crippen molar-refractivity contribution in [2.24, 2.45) is 4.99 Å². The average Bonchev–Trinajstić information content (AvgIpc) is 3.38. The van der Waals surface area contributed by atoms with Gasteiger partial charge in [0.2, 0.25) is 0 Å². The van der Waals surface area contributed by atoms with Crippen LogP contribution < -0.4 is 15.4 Å². The fraction of sp³-hybridized carbons (Fsp3) is 0.273. The zero-order valence-corrected chi connectivity index (χ0v) is 18.7. The summed E-state index contributed by atoms with van der Waals surface area (Å²) in [5.41, 5.74) is 3.52. The Hall–Kier alpha value is -2.55. The highest BCUT2D eigenvalue weighted by molar-refractivity contribution is 14.0. The van der Waals surface area contributed by atoms with Gasteiger partial charge < -0.3 is 15.4 Å². The Labute approximate surface area is 188 Å². The molecule has 2 heterocycles. The third-order valence-corrected chi connectivity index (χ3v) is 4.80. The molecule has 1 aliphatic rings. The largest absolute Gasteiger partial charge is 0.488 e. The van der Waals surface area contributed by atoms with Crippen LogP contribution in [0.4, 0.5) is 0 Å². The lowest BCUT2D eigenvalue weighted by Crippen LogP contribution is -2.42. The predicted octanol–water partition coefficient (Wildman–Crippen LogP) is 3.20. The minimum atomic E-state index is 0. The molecular formula is C22H26IN5O. The van der Waals surface area contributed by atoms with Gasteiger partial charge in [-0.3, -0.25) is 4.99 Å². The highest BCUT2D eigenvalue weighted by Gasteiger charge is 2.22. The molecule has 0 saturated heterocycles. The van der Waals surface area contributed by atoms with Crippen molar-refractivity contribution in [3.63, 3.8) is 0 Å². The molecule has 1 unspecified atom stereocenters. The molecule has 1 atom stereocenters. The van der Waals surface area contributed by atoms with Crippen LogP contribution in [0.1, 0.15) is 11.1 Å². The molecule has 4 rings (SSSR count). The van der Waals surface area contributed by atoms with Crippen LogP contribution in [0.2, 0.25) is 0 Å². The van der Waals surface area contributed by atoms with E-state index >= 15 is 0 Å². The van der Waals surface area contributed by atoms with E-state index in [2.05, 4.69) is 39.1 Å². The van der Waals surface area contributed by atoms with Crippen LogP contribution in [-0.4, -0.2) is 42.0 Å². The van der Waals surface area contributed by atoms with Gasteiger partial charge in [0.25, 0.3) is 0 Å². The van der Waals surface area contributed by atoms with Crippen molar-refractivity contribution in [3.05, 3.63) is 78.1 Å². The van der Waals surface area contributed by atoms with Crippen LogP contribution in [0.15, 0.2) is 72.0 Å². The van der Waals surface area contributed by atoms with E-state index in [1.807, 2.05) is 53.3 Å². The van der Waals surface area contributed by atoms with Gasteiger partial charge in [0, 0.05) is 26.2 Å². The number of aromatic nitrogens is 2. The number of hydrogen-bond donors (Lipinski definition) is 2. The maximum absolute atomic E-state index is 5.96. The Morgan fingerprint density at radius 3 is 2.72 bits per heavy atom. The van der Waals surface area contributed by atoms with E-state index in [9.17, 15) is 0 Å². The molecular weight excluding hydrogens is 477 g/mol. The van der Waals surface area contributed by atoms with Gasteiger partial charge in [0.15, 0.2) is 5.96 Å². The van der Waals surface area contributed by atoms with Crippen LogP contribution in [0.25, 0.3) is 5.69 Å². The highest BCUT2D eigenvalue weighted by atomic mass is 127. The number of halogens is 1. The summed E-state index contributed by atoms with van der Waals surface area (Å²) in [5.74, 6) is 1.78. The maximum atomic E-state index is 5.96. The quantitative estimate of drug-likeness (QED) is 0.308. The summed E-state index contributed by atoms with van der Waals surface area (Å²) in [7, 11) is 1.78. The molecule has 0 spiro atoms. The van der Waals surface area contributed by atoms with Crippen LogP contribution in [-0.2, 0) is 12.8 Å². The van der Waals surface area contributed by atoms with Gasteiger partial charge in [-0.1, -0.05) is 36.4 Å². The number of para-hydroxylation sites is 2. The molecule has 0 radical (unpaired) electrons. The number of nitrogens with one attached hydrogen (secondary N) is 2. The van der Waals surface area contributed by atoms with Crippen molar-refractivity contribution in [1.29, 1.82) is 0 Å². The minimum Gasteiger partial charge on any atom is -0.488 e. The van der Waals surface area contributed by atoms with Crippen LogP contribution in [0, 0.1) is 0 Å². The molecule has 7 heteroatoms. The summed E-state index contributed by atoms with van der Waals surface area (Å²) in [6.45, 7) is 1.51. The number of rotatable bonds is 6. The summed E-state index contributed by atoms with van der Waals surface area (Å²) in [4.78, 5) is 4.30. The summed E-state index contributed by atoms with van der Waals surface area (Å²) >= 11 is 0. The van der Waals surface area contributed by atoms with E-state index in [-0.39, 0.29) is 30.1 Å². The monoisotopic (exact) mass is 503 g/mol. The smallest absolute Gasteiger partial charge is 0.191 e. The molecule has 0 amide bonds. The third kappa shape index (κ3) is 5.50. The van der Waals surface area contributed by atoms with Crippen LogP contribution in [0.3, 0.4) is 0 Å². The highest BCUT2D eigenvalue weighted by Crippen LogP contribution is 2.27. The van der Waals surface area contributed by atoms with Crippen LogP contribution in [0.5, 0.6) is 5.75 Å². The summed E-state index contributed by atoms with van der Waals surface area (Å²) in [5, 5.41) is 11.2. The second kappa shape index (κ2) is 10.3. The normalized spacial score (nSPS) is 15.2. The molecule has 0 fully saturated rings. The zero-order valence-electron chi connectivity index (χ0n) is 16.4. The third-order valence-electron chi connectivity index (χ3n) is 4.80. The number of nitrogens with zero attached hydrogens (tertiary/aromatic N) is 3. The van der Waals surface area contributed by atoms with Crippen molar-refractivity contribution in [2.75, 3.05) is 20.1 Å². The van der Waals surface area contributed by atoms with Crippen LogP contribution >= 0.6 is 24.0 Å². The molecule has 29 heavy (non-hydrogen) atoms. The van der Waals surface area contributed by atoms with Crippen molar-refractivity contribution in [2.45, 2.75) is 18.9 Å². The SMILES string of the molecule is CN=C(NCCc1cnn(-c2ccccc2)c1)NCC1Cc2ccccc2O1.I. The number of ether oxygens (including phenoxy) is 1. The van der Waals surface area contributed by atoms with Gasteiger partial charge in [-0.2, -0.15) is 5.10 Å². The van der Waals surface area contributed by atoms with Crippen molar-refractivity contribution >= 4 is 29.9 Å². The van der Waals surface area contributed by atoms with E-state index in [0.717, 1.165) is 43.3 Å². The number of fused-ring (bicyclic) bond motifs is 1. The molecule has 3 aromatic rings. The lowest BCUT2D eigenvalue weighted by molar-refractivity contribution is 0.235. The standard InChI is InChI=1S/C22H25N5O.HI/c1-23-22(25-15-20-13-18-7-5-6-10-21(18)28-20)24-12-11-17-14-26-27(16-17)19-8-3-2-4-9-19;/h2-10,14,16,20H,11-13,15H2,1H3,(H2,23,24,25);1H. The second-order valence-corrected chi connectivity index (χ2v) is 6.81. The first kappa shape index (κ1) is 21.2. The predicted molar refractivity (Wildman–Crippen MR) is 127 cm³/mol. The topological polar surface area (TPSA) is 63.5 Å². The fourth-order valence-corrected chi connectivity index (χ4v) is 3.34. The van der Waals surface area contributed by atoms with Gasteiger partial charge in [-0.15, -0.1) is 24.0 Å². The molecule has 2 N–H and O–H groups in total. The van der Waals surface area contributed by atoms with Gasteiger partial charge in [0.1, 0.15) is 11.9 Å². The number of aliphatic imine (C=N–C) groups is 1. The van der Waals surface area contributed by atoms with Crippen molar-refractivity contribution in [1.82, 2.24) is 20.4 Å². The lowest BCUT2D eigenvalue weighted by Gasteiger charge is -2.15. The minimum absolute atomic E-state index is 0. The summed E-state index contributed by atoms with van der Waals surface area (Å²) in [6.07, 6.45) is 5.92. The Bertz CT molecular complexity index is 916. The number of guanidine groups is 1. The molecule has 0 saturated carbocycles. The van der Waals surface area contributed by atoms with E-state index in [4.69, 9.17) is 4.74 Å². The van der Waals surface area contributed by atoms with Gasteiger partial charge in [-0.05, 0) is 35.7 Å². The van der Waals surface area contributed by atoms with Gasteiger partial charge in [-0.25, -0.2) is 4.68 Å². The summed E-state index contributed by atoms with van der Waals surface area (Å²) in [6, 6.07) is 18.3. The number of benzene rings is 2. The van der Waals surface area contributed by atoms with E-state index < -0.39 is 0 Å². The Morgan fingerprint density at radius 2 is 1.93 bits per heavy atom. The molecule has 6 nitrogen and oxygen atoms in total. The molecule has 1 aliphatic heterocycles. The molecule has 2 aromatic carbocycles. The second-order valence-electron chi connectivity index (χ2n) is 6.81.